The second kappa shape index (κ2) is 8.78. The lowest BCUT2D eigenvalue weighted by Crippen LogP contribution is -2.13. The lowest BCUT2D eigenvalue weighted by molar-refractivity contribution is 0.846. The fourth-order valence-corrected chi connectivity index (χ4v) is 3.02. The smallest absolute Gasteiger partial charge is 0.287 e. The molecule has 0 aliphatic carbocycles. The van der Waals surface area contributed by atoms with Crippen LogP contribution in [0, 0.1) is 3.57 Å². The minimum atomic E-state index is -0.292. The Balaban J connectivity index is 1.76. The first-order valence-corrected chi connectivity index (χ1v) is 9.95. The Hall–Kier alpha value is -3.33. The minimum absolute atomic E-state index is 0.201. The maximum atomic E-state index is 13.0. The van der Waals surface area contributed by atoms with Gasteiger partial charge in [0.05, 0.1) is 23.3 Å². The molecular weight excluding hydrogens is 477 g/mol. The van der Waals surface area contributed by atoms with Crippen LogP contribution in [0.5, 0.6) is 0 Å². The van der Waals surface area contributed by atoms with Crippen LogP contribution in [0.15, 0.2) is 105 Å². The third kappa shape index (κ3) is 4.57. The molecule has 29 heavy (non-hydrogen) atoms. The van der Waals surface area contributed by atoms with Gasteiger partial charge in [0, 0.05) is 3.57 Å². The number of nitrogens with one attached hydrogen (secondary N) is 1. The standard InChI is InChI=1S/C22H16IN5O/c23-16-11-13-17(14-12-16)24-15-20-21(26-25-18-7-3-1-4-8-18)22(29)28(27-20)19-9-5-2-6-10-19/h1-15,27H. The summed E-state index contributed by atoms with van der Waals surface area (Å²) in [5.41, 5.74) is 2.55. The van der Waals surface area contributed by atoms with Crippen molar-refractivity contribution < 1.29 is 0 Å². The Morgan fingerprint density at radius 3 is 2.14 bits per heavy atom. The lowest BCUT2D eigenvalue weighted by atomic mass is 10.3. The van der Waals surface area contributed by atoms with Gasteiger partial charge < -0.3 is 0 Å². The fourth-order valence-electron chi connectivity index (χ4n) is 2.66. The first kappa shape index (κ1) is 19.0. The van der Waals surface area contributed by atoms with Crippen LogP contribution in [0.2, 0.25) is 0 Å². The van der Waals surface area contributed by atoms with Gasteiger partial charge in [0.1, 0.15) is 5.69 Å². The van der Waals surface area contributed by atoms with Crippen LogP contribution in [0.3, 0.4) is 0 Å². The number of azo groups is 1. The molecule has 3 aromatic carbocycles. The average Bonchev–Trinajstić information content (AvgIpc) is 3.08. The average molecular weight is 493 g/mol. The zero-order valence-electron chi connectivity index (χ0n) is 15.2. The summed E-state index contributed by atoms with van der Waals surface area (Å²) in [4.78, 5) is 17.5. The van der Waals surface area contributed by atoms with Gasteiger partial charge in [0.25, 0.3) is 5.56 Å². The Morgan fingerprint density at radius 1 is 0.793 bits per heavy atom. The maximum absolute atomic E-state index is 13.0. The molecule has 0 amide bonds. The van der Waals surface area contributed by atoms with Crippen molar-refractivity contribution in [3.63, 3.8) is 0 Å². The number of aromatic amines is 1. The topological polar surface area (TPSA) is 74.9 Å². The largest absolute Gasteiger partial charge is 0.299 e. The minimum Gasteiger partial charge on any atom is -0.287 e. The quantitative estimate of drug-likeness (QED) is 0.209. The summed E-state index contributed by atoms with van der Waals surface area (Å²) in [6.45, 7) is 0. The summed E-state index contributed by atoms with van der Waals surface area (Å²) >= 11 is 2.24. The van der Waals surface area contributed by atoms with E-state index in [2.05, 4.69) is 42.9 Å². The molecule has 0 aliphatic heterocycles. The highest BCUT2D eigenvalue weighted by Crippen LogP contribution is 2.20. The molecule has 7 heteroatoms. The number of H-pyrrole nitrogens is 1. The Bertz CT molecular complexity index is 1210. The van der Waals surface area contributed by atoms with Gasteiger partial charge in [-0.1, -0.05) is 36.4 Å². The molecule has 6 nitrogen and oxygen atoms in total. The van der Waals surface area contributed by atoms with Crippen molar-refractivity contribution in [1.82, 2.24) is 9.78 Å². The lowest BCUT2D eigenvalue weighted by Gasteiger charge is -1.99. The zero-order valence-corrected chi connectivity index (χ0v) is 17.4. The predicted molar refractivity (Wildman–Crippen MR) is 123 cm³/mol. The second-order valence-corrected chi connectivity index (χ2v) is 7.37. The summed E-state index contributed by atoms with van der Waals surface area (Å²) < 4.78 is 2.57. The van der Waals surface area contributed by atoms with Crippen LogP contribution >= 0.6 is 22.6 Å². The van der Waals surface area contributed by atoms with Crippen molar-refractivity contribution in [2.24, 2.45) is 15.2 Å². The molecule has 4 aromatic rings. The molecule has 1 aromatic heterocycles. The van der Waals surface area contributed by atoms with Crippen LogP contribution < -0.4 is 5.56 Å². The van der Waals surface area contributed by atoms with Gasteiger partial charge in [0.15, 0.2) is 5.69 Å². The van der Waals surface area contributed by atoms with Crippen LogP contribution in [-0.4, -0.2) is 16.0 Å². The van der Waals surface area contributed by atoms with Crippen molar-refractivity contribution in [2.75, 3.05) is 0 Å². The molecule has 0 bridgehead atoms. The number of halogens is 1. The number of benzene rings is 3. The Labute approximate surface area is 180 Å². The van der Waals surface area contributed by atoms with E-state index in [-0.39, 0.29) is 11.2 Å². The van der Waals surface area contributed by atoms with E-state index < -0.39 is 0 Å². The van der Waals surface area contributed by atoms with E-state index in [1.807, 2.05) is 84.9 Å². The fraction of sp³-hybridized carbons (Fsp3) is 0. The molecule has 1 heterocycles. The summed E-state index contributed by atoms with van der Waals surface area (Å²) in [5, 5.41) is 11.5. The van der Waals surface area contributed by atoms with E-state index >= 15 is 0 Å². The van der Waals surface area contributed by atoms with Crippen molar-refractivity contribution in [3.8, 4) is 5.69 Å². The Kier molecular flexibility index (Phi) is 5.76. The number of nitrogens with zero attached hydrogens (tertiary/aromatic N) is 4. The third-order valence-electron chi connectivity index (χ3n) is 4.10. The highest BCUT2D eigenvalue weighted by Gasteiger charge is 2.14. The Morgan fingerprint density at radius 2 is 1.45 bits per heavy atom. The van der Waals surface area contributed by atoms with E-state index in [1.54, 1.807) is 6.21 Å². The molecule has 0 radical (unpaired) electrons. The van der Waals surface area contributed by atoms with Gasteiger partial charge in [-0.2, -0.15) is 5.11 Å². The summed E-state index contributed by atoms with van der Waals surface area (Å²) in [6, 6.07) is 26.4. The molecule has 0 saturated heterocycles. The van der Waals surface area contributed by atoms with Crippen LogP contribution in [0.25, 0.3) is 5.69 Å². The van der Waals surface area contributed by atoms with Crippen molar-refractivity contribution >= 4 is 45.9 Å². The number of aliphatic imine (C=N–C) groups is 1. The van der Waals surface area contributed by atoms with Crippen molar-refractivity contribution in [2.45, 2.75) is 0 Å². The summed E-state index contributed by atoms with van der Waals surface area (Å²) in [5.74, 6) is 0. The molecule has 142 valence electrons. The molecule has 0 unspecified atom stereocenters. The third-order valence-corrected chi connectivity index (χ3v) is 4.82. The first-order chi connectivity index (χ1) is 14.2. The van der Waals surface area contributed by atoms with Crippen LogP contribution in [-0.2, 0) is 0 Å². The molecule has 4 rings (SSSR count). The van der Waals surface area contributed by atoms with E-state index in [1.165, 1.54) is 4.68 Å². The van der Waals surface area contributed by atoms with Gasteiger partial charge >= 0.3 is 0 Å². The van der Waals surface area contributed by atoms with E-state index in [0.29, 0.717) is 17.1 Å². The highest BCUT2D eigenvalue weighted by atomic mass is 127. The first-order valence-electron chi connectivity index (χ1n) is 8.87. The second-order valence-electron chi connectivity index (χ2n) is 6.12. The zero-order chi connectivity index (χ0) is 20.1. The van der Waals surface area contributed by atoms with Crippen molar-refractivity contribution in [1.29, 1.82) is 0 Å². The van der Waals surface area contributed by atoms with Gasteiger partial charge in [-0.15, -0.1) is 5.11 Å². The van der Waals surface area contributed by atoms with Gasteiger partial charge in [-0.3, -0.25) is 14.9 Å². The highest BCUT2D eigenvalue weighted by molar-refractivity contribution is 14.1. The van der Waals surface area contributed by atoms with Gasteiger partial charge in [-0.05, 0) is 71.1 Å². The van der Waals surface area contributed by atoms with Crippen LogP contribution in [0.4, 0.5) is 17.1 Å². The van der Waals surface area contributed by atoms with Crippen LogP contribution in [0.1, 0.15) is 5.69 Å². The van der Waals surface area contributed by atoms with E-state index in [9.17, 15) is 4.79 Å². The van der Waals surface area contributed by atoms with Crippen molar-refractivity contribution in [3.05, 3.63) is 105 Å². The summed E-state index contributed by atoms with van der Waals surface area (Å²) in [6.07, 6.45) is 1.60. The molecule has 1 N–H and O–H groups in total. The molecule has 0 fully saturated rings. The van der Waals surface area contributed by atoms with Gasteiger partial charge in [-0.25, -0.2) is 4.68 Å². The van der Waals surface area contributed by atoms with E-state index in [0.717, 1.165) is 9.26 Å². The molecule has 0 atom stereocenters. The molecule has 0 saturated carbocycles. The molecular formula is C22H16IN5O. The number of para-hydroxylation sites is 1. The number of aromatic nitrogens is 2. The predicted octanol–water partition coefficient (Wildman–Crippen LogP) is 5.94. The number of hydrogen-bond acceptors (Lipinski definition) is 4. The number of hydrogen-bond donors (Lipinski definition) is 1. The van der Waals surface area contributed by atoms with E-state index in [4.69, 9.17) is 0 Å². The van der Waals surface area contributed by atoms with Gasteiger partial charge in [0.2, 0.25) is 0 Å². The SMILES string of the molecule is O=c1c(N=Nc2ccccc2)c(C=Nc2ccc(I)cc2)[nH]n1-c1ccccc1. The molecule has 0 spiro atoms. The monoisotopic (exact) mass is 493 g/mol. The normalized spacial score (nSPS) is 11.5. The number of rotatable bonds is 5. The summed E-state index contributed by atoms with van der Waals surface area (Å²) in [7, 11) is 0. The molecule has 0 aliphatic rings. The maximum Gasteiger partial charge on any atom is 0.299 e.